The van der Waals surface area contributed by atoms with Crippen LogP contribution in [0.1, 0.15) is 57.8 Å². The third-order valence-corrected chi connectivity index (χ3v) is 3.58. The van der Waals surface area contributed by atoms with Gasteiger partial charge in [0.15, 0.2) is 0 Å². The molecule has 0 bridgehead atoms. The van der Waals surface area contributed by atoms with Crippen molar-refractivity contribution in [2.75, 3.05) is 26.5 Å². The lowest BCUT2D eigenvalue weighted by Crippen LogP contribution is -2.16. The van der Waals surface area contributed by atoms with Crippen molar-refractivity contribution in [1.82, 2.24) is 5.32 Å². The topological polar surface area (TPSA) is 66.4 Å². The number of unbranched alkanes of at least 4 members (excludes halogenated alkanes) is 7. The van der Waals surface area contributed by atoms with Crippen molar-refractivity contribution >= 4 is 10.1 Å². The van der Waals surface area contributed by atoms with Crippen LogP contribution in [-0.2, 0) is 10.1 Å². The molecule has 1 unspecified atom stereocenters. The predicted octanol–water partition coefficient (Wildman–Crippen LogP) is 3.53. The average molecular weight is 331 g/mol. The number of rotatable bonds is 12. The van der Waals surface area contributed by atoms with E-state index < -0.39 is 22.0 Å². The molecule has 21 heavy (non-hydrogen) atoms. The molecule has 2 N–H and O–H groups in total. The minimum absolute atomic E-state index is 0.182. The highest BCUT2D eigenvalue weighted by molar-refractivity contribution is 7.85. The lowest BCUT2D eigenvalue weighted by atomic mass is 10.1. The van der Waals surface area contributed by atoms with Crippen molar-refractivity contribution in [1.29, 1.82) is 0 Å². The summed E-state index contributed by atoms with van der Waals surface area (Å²) in [5.41, 5.74) is 0. The second-order valence-corrected chi connectivity index (χ2v) is 6.65. The van der Waals surface area contributed by atoms with Crippen LogP contribution in [0.3, 0.4) is 0 Å². The fourth-order valence-electron chi connectivity index (χ4n) is 1.83. The van der Waals surface area contributed by atoms with Crippen molar-refractivity contribution in [2.24, 2.45) is 0 Å². The van der Waals surface area contributed by atoms with Gasteiger partial charge in [0.05, 0.1) is 6.67 Å². The molecular weight excluding hydrogens is 300 g/mol. The van der Waals surface area contributed by atoms with E-state index in [-0.39, 0.29) is 13.1 Å². The van der Waals surface area contributed by atoms with Gasteiger partial charge in [0.25, 0.3) is 10.1 Å². The van der Waals surface area contributed by atoms with Crippen molar-refractivity contribution < 1.29 is 21.8 Å². The molecule has 7 heteroatoms. The van der Waals surface area contributed by atoms with E-state index in [1.165, 1.54) is 0 Å². The summed E-state index contributed by atoms with van der Waals surface area (Å²) in [6.45, 7) is -0.244. The minimum Gasteiger partial charge on any atom is -0.323 e. The monoisotopic (exact) mass is 331 g/mol. The molecule has 0 heterocycles. The van der Waals surface area contributed by atoms with E-state index in [0.29, 0.717) is 12.8 Å². The SMILES string of the molecule is CNC.O=S(=O)(O)CC(F)CCCCCCCCCCF. The van der Waals surface area contributed by atoms with E-state index in [2.05, 4.69) is 5.32 Å². The van der Waals surface area contributed by atoms with E-state index in [1.54, 1.807) is 0 Å². The molecule has 1 atom stereocenters. The van der Waals surface area contributed by atoms with E-state index in [1.807, 2.05) is 14.1 Å². The van der Waals surface area contributed by atoms with Gasteiger partial charge in [-0.2, -0.15) is 8.42 Å². The van der Waals surface area contributed by atoms with Crippen molar-refractivity contribution in [3.05, 3.63) is 0 Å². The molecule has 0 saturated carbocycles. The van der Waals surface area contributed by atoms with Crippen LogP contribution in [0.15, 0.2) is 0 Å². The van der Waals surface area contributed by atoms with E-state index in [9.17, 15) is 17.2 Å². The van der Waals surface area contributed by atoms with Crippen LogP contribution < -0.4 is 5.32 Å². The first-order valence-corrected chi connectivity index (χ1v) is 9.22. The van der Waals surface area contributed by atoms with Gasteiger partial charge in [-0.05, 0) is 26.9 Å². The molecule has 0 aromatic heterocycles. The molecule has 0 radical (unpaired) electrons. The van der Waals surface area contributed by atoms with E-state index >= 15 is 0 Å². The number of halogens is 2. The average Bonchev–Trinajstić information content (AvgIpc) is 2.35. The molecule has 0 rings (SSSR count). The molecule has 0 aromatic carbocycles. The maximum Gasteiger partial charge on any atom is 0.267 e. The van der Waals surface area contributed by atoms with Crippen LogP contribution in [-0.4, -0.2) is 45.7 Å². The van der Waals surface area contributed by atoms with Crippen LogP contribution >= 0.6 is 0 Å². The molecule has 0 aliphatic carbocycles. The number of hydrogen-bond acceptors (Lipinski definition) is 3. The summed E-state index contributed by atoms with van der Waals surface area (Å²) < 4.78 is 54.0. The van der Waals surface area contributed by atoms with Gasteiger partial charge in [0.2, 0.25) is 0 Å². The van der Waals surface area contributed by atoms with E-state index in [4.69, 9.17) is 4.55 Å². The highest BCUT2D eigenvalue weighted by atomic mass is 32.2. The lowest BCUT2D eigenvalue weighted by Gasteiger charge is -2.05. The minimum atomic E-state index is -4.19. The Hall–Kier alpha value is -0.270. The van der Waals surface area contributed by atoms with Gasteiger partial charge >= 0.3 is 0 Å². The van der Waals surface area contributed by atoms with Gasteiger partial charge in [-0.1, -0.05) is 44.9 Å². The Morgan fingerprint density at radius 3 is 1.71 bits per heavy atom. The van der Waals surface area contributed by atoms with Gasteiger partial charge in [-0.25, -0.2) is 4.39 Å². The molecule has 0 aliphatic rings. The van der Waals surface area contributed by atoms with Crippen molar-refractivity contribution in [3.63, 3.8) is 0 Å². The summed E-state index contributed by atoms with van der Waals surface area (Å²) >= 11 is 0. The smallest absolute Gasteiger partial charge is 0.267 e. The molecule has 0 aliphatic heterocycles. The van der Waals surface area contributed by atoms with Crippen LogP contribution in [0.5, 0.6) is 0 Å². The Morgan fingerprint density at radius 1 is 0.952 bits per heavy atom. The Morgan fingerprint density at radius 2 is 1.33 bits per heavy atom. The van der Waals surface area contributed by atoms with Gasteiger partial charge in [-0.15, -0.1) is 0 Å². The molecule has 0 amide bonds. The molecule has 0 saturated heterocycles. The van der Waals surface area contributed by atoms with Gasteiger partial charge in [0, 0.05) is 0 Å². The zero-order chi connectivity index (χ0) is 16.6. The fourth-order valence-corrected chi connectivity index (χ4v) is 2.46. The van der Waals surface area contributed by atoms with Gasteiger partial charge in [-0.3, -0.25) is 8.94 Å². The zero-order valence-electron chi connectivity index (χ0n) is 13.3. The summed E-state index contributed by atoms with van der Waals surface area (Å²) in [6.07, 6.45) is 5.96. The third kappa shape index (κ3) is 25.1. The highest BCUT2D eigenvalue weighted by Crippen LogP contribution is 2.12. The first kappa shape index (κ1) is 23.0. The number of hydrogen-bond donors (Lipinski definition) is 2. The molecule has 0 spiro atoms. The van der Waals surface area contributed by atoms with Crippen LogP contribution in [0.25, 0.3) is 0 Å². The molecule has 130 valence electrons. The Kier molecular flexibility index (Phi) is 17.6. The maximum absolute atomic E-state index is 13.0. The molecular formula is C14H31F2NO3S. The van der Waals surface area contributed by atoms with Gasteiger partial charge in [0.1, 0.15) is 11.9 Å². The second kappa shape index (κ2) is 16.1. The summed E-state index contributed by atoms with van der Waals surface area (Å²) in [6, 6.07) is 0. The largest absolute Gasteiger partial charge is 0.323 e. The first-order chi connectivity index (χ1) is 9.87. The molecule has 0 fully saturated rings. The summed E-state index contributed by atoms with van der Waals surface area (Å²) in [5, 5.41) is 2.75. The normalized spacial score (nSPS) is 12.6. The Bertz CT molecular complexity index is 301. The Balaban J connectivity index is 0. The summed E-state index contributed by atoms with van der Waals surface area (Å²) in [5.74, 6) is -0.795. The van der Waals surface area contributed by atoms with Crippen LogP contribution in [0.2, 0.25) is 0 Å². The quantitative estimate of drug-likeness (QED) is 0.424. The highest BCUT2D eigenvalue weighted by Gasteiger charge is 2.15. The van der Waals surface area contributed by atoms with Crippen molar-refractivity contribution in [3.8, 4) is 0 Å². The fraction of sp³-hybridized carbons (Fsp3) is 1.00. The first-order valence-electron chi connectivity index (χ1n) is 7.61. The van der Waals surface area contributed by atoms with Crippen LogP contribution in [0, 0.1) is 0 Å². The number of alkyl halides is 2. The van der Waals surface area contributed by atoms with Gasteiger partial charge < -0.3 is 5.32 Å². The Labute approximate surface area is 128 Å². The summed E-state index contributed by atoms with van der Waals surface area (Å²) in [7, 11) is -0.439. The molecule has 4 nitrogen and oxygen atoms in total. The maximum atomic E-state index is 13.0. The third-order valence-electron chi connectivity index (χ3n) is 2.79. The second-order valence-electron chi connectivity index (χ2n) is 5.15. The lowest BCUT2D eigenvalue weighted by molar-refractivity contribution is 0.324. The van der Waals surface area contributed by atoms with Crippen LogP contribution in [0.4, 0.5) is 8.78 Å². The zero-order valence-corrected chi connectivity index (χ0v) is 14.1. The van der Waals surface area contributed by atoms with E-state index in [0.717, 1.165) is 38.5 Å². The standard InChI is InChI=1S/C12H24F2O3S.C2H7N/c13-10-8-6-4-2-1-3-5-7-9-12(14)11-18(15,16)17;1-3-2/h12H,1-11H2,(H,15,16,17);3H,1-2H3. The number of nitrogens with one attached hydrogen (secondary N) is 1. The molecule has 0 aromatic rings. The predicted molar refractivity (Wildman–Crippen MR) is 83.8 cm³/mol. The summed E-state index contributed by atoms with van der Waals surface area (Å²) in [4.78, 5) is 0. The van der Waals surface area contributed by atoms with Crippen molar-refractivity contribution in [2.45, 2.75) is 64.0 Å².